The summed E-state index contributed by atoms with van der Waals surface area (Å²) in [6.07, 6.45) is 4.17. The molecule has 0 aliphatic carbocycles. The number of aromatic nitrogens is 1. The molecule has 1 N–H and O–H groups in total. The lowest BCUT2D eigenvalue weighted by molar-refractivity contribution is -0.121. The van der Waals surface area contributed by atoms with E-state index in [1.165, 1.54) is 5.56 Å². The number of amides is 1. The maximum absolute atomic E-state index is 12.6. The van der Waals surface area contributed by atoms with Crippen LogP contribution in [0.25, 0.3) is 11.3 Å². The summed E-state index contributed by atoms with van der Waals surface area (Å²) in [6, 6.07) is 15.5. The molecule has 2 heterocycles. The highest BCUT2D eigenvalue weighted by Gasteiger charge is 2.34. The number of carbonyl (C=O) groups excluding carboxylic acids is 1. The molecule has 1 aliphatic rings. The minimum Gasteiger partial charge on any atom is -0.497 e. The van der Waals surface area contributed by atoms with Crippen LogP contribution in [0.2, 0.25) is 5.02 Å². The number of aryl methyl sites for hydroxylation is 1. The molecular weight excluding hydrogens is 428 g/mol. The van der Waals surface area contributed by atoms with Crippen LogP contribution in [0.3, 0.4) is 0 Å². The van der Waals surface area contributed by atoms with Crippen molar-refractivity contribution in [3.8, 4) is 17.1 Å². The third-order valence-corrected chi connectivity index (χ3v) is 6.28. The third-order valence-electron chi connectivity index (χ3n) is 6.02. The molecule has 4 rings (SSSR count). The van der Waals surface area contributed by atoms with Crippen LogP contribution in [0.1, 0.15) is 30.7 Å². The molecule has 1 fully saturated rings. The Morgan fingerprint density at radius 3 is 2.53 bits per heavy atom. The number of rotatable bonds is 8. The first-order chi connectivity index (χ1) is 15.6. The third kappa shape index (κ3) is 5.31. The van der Waals surface area contributed by atoms with Gasteiger partial charge in [-0.05, 0) is 54.8 Å². The van der Waals surface area contributed by atoms with E-state index in [-0.39, 0.29) is 11.3 Å². The van der Waals surface area contributed by atoms with Gasteiger partial charge >= 0.3 is 0 Å². The highest BCUT2D eigenvalue weighted by atomic mass is 35.5. The van der Waals surface area contributed by atoms with Gasteiger partial charge in [-0.15, -0.1) is 0 Å². The fourth-order valence-electron chi connectivity index (χ4n) is 4.02. The maximum atomic E-state index is 12.6. The van der Waals surface area contributed by atoms with Crippen molar-refractivity contribution in [3.05, 3.63) is 71.2 Å². The summed E-state index contributed by atoms with van der Waals surface area (Å²) >= 11 is 5.93. The number of carbonyl (C=O) groups is 1. The summed E-state index contributed by atoms with van der Waals surface area (Å²) in [5.74, 6) is 2.01. The topological polar surface area (TPSA) is 73.6 Å². The van der Waals surface area contributed by atoms with E-state index in [1.807, 2.05) is 36.4 Å². The number of ether oxygens (including phenoxy) is 2. The summed E-state index contributed by atoms with van der Waals surface area (Å²) in [5.41, 5.74) is 1.96. The average Bonchev–Trinajstić information content (AvgIpc) is 3.31. The zero-order chi connectivity index (χ0) is 22.4. The summed E-state index contributed by atoms with van der Waals surface area (Å²) in [7, 11) is 1.66. The molecule has 1 saturated heterocycles. The van der Waals surface area contributed by atoms with Crippen molar-refractivity contribution in [2.45, 2.75) is 31.1 Å². The standard InChI is InChI=1S/C25H27ClN2O4/c1-30-21-8-4-19(5-9-21)25(12-14-31-15-13-25)17-28-23(29)10-11-24-27-16-22(32-24)18-2-6-20(26)7-3-18/h2-9,16H,10-15,17H2,1H3,(H,28,29). The Morgan fingerprint density at radius 2 is 1.84 bits per heavy atom. The number of oxazole rings is 1. The highest BCUT2D eigenvalue weighted by Crippen LogP contribution is 2.35. The van der Waals surface area contributed by atoms with Crippen LogP contribution in [0.15, 0.2) is 59.1 Å². The van der Waals surface area contributed by atoms with Gasteiger partial charge in [-0.2, -0.15) is 0 Å². The summed E-state index contributed by atoms with van der Waals surface area (Å²) < 4.78 is 16.7. The zero-order valence-corrected chi connectivity index (χ0v) is 18.9. The minimum atomic E-state index is -0.134. The van der Waals surface area contributed by atoms with E-state index in [1.54, 1.807) is 13.3 Å². The fourth-order valence-corrected chi connectivity index (χ4v) is 4.15. The maximum Gasteiger partial charge on any atom is 0.220 e. The predicted octanol–water partition coefficient (Wildman–Crippen LogP) is 4.80. The summed E-state index contributed by atoms with van der Waals surface area (Å²) in [4.78, 5) is 16.9. The largest absolute Gasteiger partial charge is 0.497 e. The van der Waals surface area contributed by atoms with Crippen molar-refractivity contribution in [2.75, 3.05) is 26.9 Å². The first-order valence-electron chi connectivity index (χ1n) is 10.8. The molecule has 1 aliphatic heterocycles. The van der Waals surface area contributed by atoms with Crippen LogP contribution in [0.5, 0.6) is 5.75 Å². The van der Waals surface area contributed by atoms with Gasteiger partial charge in [-0.25, -0.2) is 4.98 Å². The Labute approximate surface area is 192 Å². The number of benzene rings is 2. The molecule has 0 unspecified atom stereocenters. The van der Waals surface area contributed by atoms with Crippen molar-refractivity contribution in [1.82, 2.24) is 10.3 Å². The predicted molar refractivity (Wildman–Crippen MR) is 123 cm³/mol. The van der Waals surface area contributed by atoms with Gasteiger partial charge in [0.25, 0.3) is 0 Å². The molecule has 6 nitrogen and oxygen atoms in total. The first kappa shape index (κ1) is 22.4. The Hall–Kier alpha value is -2.83. The lowest BCUT2D eigenvalue weighted by Gasteiger charge is -2.38. The van der Waals surface area contributed by atoms with Crippen molar-refractivity contribution >= 4 is 17.5 Å². The number of hydrogen-bond donors (Lipinski definition) is 1. The van der Waals surface area contributed by atoms with E-state index in [2.05, 4.69) is 22.4 Å². The molecule has 7 heteroatoms. The number of methoxy groups -OCH3 is 1. The Balaban J connectivity index is 1.34. The van der Waals surface area contributed by atoms with Crippen LogP contribution in [0, 0.1) is 0 Å². The van der Waals surface area contributed by atoms with Gasteiger partial charge < -0.3 is 19.2 Å². The van der Waals surface area contributed by atoms with Gasteiger partial charge in [0.15, 0.2) is 11.7 Å². The molecule has 0 spiro atoms. The zero-order valence-electron chi connectivity index (χ0n) is 18.1. The summed E-state index contributed by atoms with van der Waals surface area (Å²) in [5, 5.41) is 3.79. The van der Waals surface area contributed by atoms with Gasteiger partial charge in [0.2, 0.25) is 5.91 Å². The first-order valence-corrected chi connectivity index (χ1v) is 11.2. The number of hydrogen-bond acceptors (Lipinski definition) is 5. The normalized spacial score (nSPS) is 15.3. The molecule has 32 heavy (non-hydrogen) atoms. The van der Waals surface area contributed by atoms with Crippen LogP contribution >= 0.6 is 11.6 Å². The molecule has 1 amide bonds. The van der Waals surface area contributed by atoms with Crippen LogP contribution < -0.4 is 10.1 Å². The Morgan fingerprint density at radius 1 is 1.12 bits per heavy atom. The monoisotopic (exact) mass is 454 g/mol. The smallest absolute Gasteiger partial charge is 0.220 e. The second-order valence-corrected chi connectivity index (χ2v) is 8.46. The number of nitrogens with zero attached hydrogens (tertiary/aromatic N) is 1. The van der Waals surface area contributed by atoms with E-state index < -0.39 is 0 Å². The molecule has 0 saturated carbocycles. The lowest BCUT2D eigenvalue weighted by Crippen LogP contribution is -2.44. The molecule has 0 atom stereocenters. The van der Waals surface area contributed by atoms with Crippen LogP contribution in [0.4, 0.5) is 0 Å². The van der Waals surface area contributed by atoms with Gasteiger partial charge in [-0.3, -0.25) is 4.79 Å². The molecule has 2 aromatic carbocycles. The van der Waals surface area contributed by atoms with Crippen molar-refractivity contribution < 1.29 is 18.7 Å². The minimum absolute atomic E-state index is 0.0179. The fraction of sp³-hybridized carbons (Fsp3) is 0.360. The van der Waals surface area contributed by atoms with Crippen molar-refractivity contribution in [3.63, 3.8) is 0 Å². The van der Waals surface area contributed by atoms with E-state index in [0.717, 1.165) is 24.2 Å². The molecular formula is C25H27ClN2O4. The van der Waals surface area contributed by atoms with Crippen molar-refractivity contribution in [2.24, 2.45) is 0 Å². The average molecular weight is 455 g/mol. The van der Waals surface area contributed by atoms with Gasteiger partial charge in [-0.1, -0.05) is 23.7 Å². The SMILES string of the molecule is COc1ccc(C2(CNC(=O)CCc3ncc(-c4ccc(Cl)cc4)o3)CCOCC2)cc1. The summed E-state index contributed by atoms with van der Waals surface area (Å²) in [6.45, 7) is 1.94. The molecule has 1 aromatic heterocycles. The van der Waals surface area contributed by atoms with Gasteiger partial charge in [0, 0.05) is 48.6 Å². The van der Waals surface area contributed by atoms with E-state index in [9.17, 15) is 4.79 Å². The highest BCUT2D eigenvalue weighted by molar-refractivity contribution is 6.30. The molecule has 168 valence electrons. The molecule has 0 radical (unpaired) electrons. The molecule has 0 bridgehead atoms. The Bertz CT molecular complexity index is 1020. The second kappa shape index (κ2) is 10.2. The van der Waals surface area contributed by atoms with Gasteiger partial charge in [0.1, 0.15) is 5.75 Å². The van der Waals surface area contributed by atoms with E-state index in [0.29, 0.717) is 49.3 Å². The van der Waals surface area contributed by atoms with Crippen LogP contribution in [-0.2, 0) is 21.4 Å². The van der Waals surface area contributed by atoms with E-state index in [4.69, 9.17) is 25.5 Å². The van der Waals surface area contributed by atoms with Crippen LogP contribution in [-0.4, -0.2) is 37.8 Å². The lowest BCUT2D eigenvalue weighted by atomic mass is 9.74. The second-order valence-electron chi connectivity index (χ2n) is 8.02. The quantitative estimate of drug-likeness (QED) is 0.529. The number of halogens is 1. The van der Waals surface area contributed by atoms with Crippen molar-refractivity contribution in [1.29, 1.82) is 0 Å². The molecule has 3 aromatic rings. The Kier molecular flexibility index (Phi) is 7.12. The van der Waals surface area contributed by atoms with Gasteiger partial charge in [0.05, 0.1) is 13.3 Å². The van der Waals surface area contributed by atoms with E-state index >= 15 is 0 Å². The number of nitrogens with one attached hydrogen (secondary N) is 1.